The lowest BCUT2D eigenvalue weighted by atomic mass is 10.1. The van der Waals surface area contributed by atoms with Gasteiger partial charge in [0.05, 0.1) is 20.5 Å². The maximum atomic E-state index is 13.5. The van der Waals surface area contributed by atoms with Crippen molar-refractivity contribution in [3.63, 3.8) is 0 Å². The summed E-state index contributed by atoms with van der Waals surface area (Å²) in [5.74, 6) is 0. The largest absolute Gasteiger partial charge is 0.340 e. The molecular weight excluding hydrogens is 472 g/mol. The van der Waals surface area contributed by atoms with E-state index in [9.17, 15) is 14.9 Å². The number of aryl methyl sites for hydroxylation is 2. The Kier molecular flexibility index (Phi) is 5.01. The maximum Gasteiger partial charge on any atom is 0.274 e. The van der Waals surface area contributed by atoms with E-state index in [0.29, 0.717) is 16.0 Å². The minimum atomic E-state index is -0.392. The molecule has 0 amide bonds. The van der Waals surface area contributed by atoms with Crippen LogP contribution in [0.15, 0.2) is 65.5 Å². The van der Waals surface area contributed by atoms with E-state index in [1.807, 2.05) is 44.2 Å². The molecule has 6 rings (SSSR count). The van der Waals surface area contributed by atoms with Crippen molar-refractivity contribution in [1.82, 2.24) is 14.0 Å². The molecular formula is C28H22N4O3S. The summed E-state index contributed by atoms with van der Waals surface area (Å²) < 4.78 is 4.54. The molecule has 0 radical (unpaired) electrons. The highest BCUT2D eigenvalue weighted by Gasteiger charge is 2.16. The number of fused-ring (bicyclic) bond motifs is 4. The molecule has 0 unspecified atom stereocenters. The standard InChI is InChI=1S/C28H22N4O3S/c1-16-12-23-25(13-17(16)2)31-27(33)26(36-28(31)29-23)14-22-18(3)30(24-7-5-4-6-21(22)24)15-19-8-10-20(11-9-19)32(34)35/h4-14H,15H2,1-3H3/b26-14-. The second-order valence-electron chi connectivity index (χ2n) is 9.10. The van der Waals surface area contributed by atoms with E-state index < -0.39 is 4.92 Å². The molecule has 0 N–H and O–H groups in total. The van der Waals surface area contributed by atoms with Crippen LogP contribution in [0.3, 0.4) is 0 Å². The molecule has 0 aliphatic heterocycles. The average molecular weight is 495 g/mol. The highest BCUT2D eigenvalue weighted by molar-refractivity contribution is 7.15. The molecule has 36 heavy (non-hydrogen) atoms. The highest BCUT2D eigenvalue weighted by atomic mass is 32.1. The van der Waals surface area contributed by atoms with Crippen LogP contribution in [-0.4, -0.2) is 18.9 Å². The third-order valence-electron chi connectivity index (χ3n) is 6.90. The third-order valence-corrected chi connectivity index (χ3v) is 7.87. The number of hydrogen-bond acceptors (Lipinski definition) is 5. The zero-order valence-electron chi connectivity index (χ0n) is 20.0. The van der Waals surface area contributed by atoms with Gasteiger partial charge in [-0.15, -0.1) is 0 Å². The SMILES string of the molecule is Cc1cc2nc3s/c(=C\c4c(C)n(Cc5ccc([N+](=O)[O-])cc5)c5ccccc45)c(=O)n3c2cc1C. The van der Waals surface area contributed by atoms with Crippen molar-refractivity contribution in [3.8, 4) is 0 Å². The molecule has 0 saturated heterocycles. The van der Waals surface area contributed by atoms with Crippen molar-refractivity contribution < 1.29 is 4.92 Å². The maximum absolute atomic E-state index is 13.5. The molecule has 0 aliphatic carbocycles. The van der Waals surface area contributed by atoms with Crippen molar-refractivity contribution in [2.24, 2.45) is 0 Å². The molecule has 0 bridgehead atoms. The predicted molar refractivity (Wildman–Crippen MR) is 144 cm³/mol. The zero-order valence-corrected chi connectivity index (χ0v) is 20.8. The highest BCUT2D eigenvalue weighted by Crippen LogP contribution is 2.28. The number of nitro benzene ring substituents is 1. The van der Waals surface area contributed by atoms with Gasteiger partial charge in [-0.1, -0.05) is 41.7 Å². The van der Waals surface area contributed by atoms with Crippen LogP contribution in [0.2, 0.25) is 0 Å². The number of para-hydroxylation sites is 1. The molecule has 3 aromatic carbocycles. The Balaban J connectivity index is 1.51. The molecule has 7 nitrogen and oxygen atoms in total. The van der Waals surface area contributed by atoms with Crippen LogP contribution in [0.25, 0.3) is 33.0 Å². The van der Waals surface area contributed by atoms with E-state index in [1.165, 1.54) is 23.5 Å². The molecule has 0 aliphatic rings. The number of nitrogens with zero attached hydrogens (tertiary/aromatic N) is 4. The molecule has 3 heterocycles. The van der Waals surface area contributed by atoms with Gasteiger partial charge in [-0.25, -0.2) is 9.38 Å². The van der Waals surface area contributed by atoms with Crippen molar-refractivity contribution in [3.05, 3.63) is 114 Å². The minimum absolute atomic E-state index is 0.0626. The number of benzene rings is 3. The summed E-state index contributed by atoms with van der Waals surface area (Å²) in [6.07, 6.45) is 1.97. The summed E-state index contributed by atoms with van der Waals surface area (Å²) in [7, 11) is 0. The molecule has 0 fully saturated rings. The molecule has 0 spiro atoms. The van der Waals surface area contributed by atoms with E-state index >= 15 is 0 Å². The normalized spacial score (nSPS) is 12.4. The number of rotatable bonds is 4. The first-order valence-electron chi connectivity index (χ1n) is 11.6. The van der Waals surface area contributed by atoms with Crippen LogP contribution in [-0.2, 0) is 6.54 Å². The van der Waals surface area contributed by atoms with Gasteiger partial charge < -0.3 is 4.57 Å². The van der Waals surface area contributed by atoms with E-state index in [1.54, 1.807) is 16.5 Å². The summed E-state index contributed by atoms with van der Waals surface area (Å²) in [4.78, 5) is 29.5. The lowest BCUT2D eigenvalue weighted by Crippen LogP contribution is -2.22. The predicted octanol–water partition coefficient (Wildman–Crippen LogP) is 5.29. The quantitative estimate of drug-likeness (QED) is 0.246. The number of aromatic nitrogens is 3. The Morgan fingerprint density at radius 2 is 1.72 bits per heavy atom. The van der Waals surface area contributed by atoms with Gasteiger partial charge in [-0.2, -0.15) is 0 Å². The van der Waals surface area contributed by atoms with Crippen LogP contribution in [0, 0.1) is 30.9 Å². The molecule has 8 heteroatoms. The molecule has 0 saturated carbocycles. The van der Waals surface area contributed by atoms with E-state index in [0.717, 1.165) is 49.9 Å². The Hall–Kier alpha value is -4.30. The Morgan fingerprint density at radius 1 is 1.00 bits per heavy atom. The summed E-state index contributed by atoms with van der Waals surface area (Å²) in [6.45, 7) is 6.71. The fourth-order valence-electron chi connectivity index (χ4n) is 4.80. The number of non-ortho nitro benzene ring substituents is 1. The average Bonchev–Trinajstić information content (AvgIpc) is 3.45. The fraction of sp³-hybridized carbons (Fsp3) is 0.143. The van der Waals surface area contributed by atoms with Gasteiger partial charge in [0, 0.05) is 40.8 Å². The smallest absolute Gasteiger partial charge is 0.274 e. The zero-order chi connectivity index (χ0) is 25.1. The van der Waals surface area contributed by atoms with Crippen LogP contribution in [0.1, 0.15) is 27.9 Å². The molecule has 6 aromatic rings. The number of thiazole rings is 1. The Labute approximate surface area is 209 Å². The van der Waals surface area contributed by atoms with Gasteiger partial charge in [0.25, 0.3) is 11.2 Å². The molecule has 178 valence electrons. The monoisotopic (exact) mass is 494 g/mol. The number of hydrogen-bond donors (Lipinski definition) is 0. The van der Waals surface area contributed by atoms with Gasteiger partial charge in [0.1, 0.15) is 0 Å². The van der Waals surface area contributed by atoms with E-state index in [2.05, 4.69) is 23.6 Å². The molecule has 0 atom stereocenters. The minimum Gasteiger partial charge on any atom is -0.340 e. The number of nitro groups is 1. The fourth-order valence-corrected chi connectivity index (χ4v) is 5.77. The van der Waals surface area contributed by atoms with E-state index in [-0.39, 0.29) is 11.2 Å². The van der Waals surface area contributed by atoms with Crippen molar-refractivity contribution in [2.75, 3.05) is 0 Å². The third kappa shape index (κ3) is 3.41. The summed E-state index contributed by atoms with van der Waals surface area (Å²) in [5, 5.41) is 12.1. The Morgan fingerprint density at radius 3 is 2.47 bits per heavy atom. The lowest BCUT2D eigenvalue weighted by molar-refractivity contribution is -0.384. The first-order chi connectivity index (χ1) is 17.3. The van der Waals surface area contributed by atoms with Crippen LogP contribution >= 0.6 is 11.3 Å². The van der Waals surface area contributed by atoms with Crippen molar-refractivity contribution >= 4 is 50.0 Å². The van der Waals surface area contributed by atoms with Gasteiger partial charge in [0.2, 0.25) is 0 Å². The van der Waals surface area contributed by atoms with Crippen molar-refractivity contribution in [2.45, 2.75) is 27.3 Å². The molecule has 3 aromatic heterocycles. The Bertz CT molecular complexity index is 1950. The second kappa shape index (κ2) is 8.13. The van der Waals surface area contributed by atoms with Crippen LogP contribution in [0.5, 0.6) is 0 Å². The van der Waals surface area contributed by atoms with Gasteiger partial charge >= 0.3 is 0 Å². The van der Waals surface area contributed by atoms with Gasteiger partial charge in [-0.3, -0.25) is 14.9 Å². The van der Waals surface area contributed by atoms with E-state index in [4.69, 9.17) is 4.98 Å². The van der Waals surface area contributed by atoms with Gasteiger partial charge in [0.15, 0.2) is 4.96 Å². The van der Waals surface area contributed by atoms with Gasteiger partial charge in [-0.05, 0) is 61.7 Å². The lowest BCUT2D eigenvalue weighted by Gasteiger charge is -2.08. The second-order valence-corrected chi connectivity index (χ2v) is 10.1. The van der Waals surface area contributed by atoms with Crippen LogP contribution < -0.4 is 10.1 Å². The van der Waals surface area contributed by atoms with Crippen LogP contribution in [0.4, 0.5) is 5.69 Å². The van der Waals surface area contributed by atoms with Crippen molar-refractivity contribution in [1.29, 1.82) is 0 Å². The first-order valence-corrected chi connectivity index (χ1v) is 12.4. The first kappa shape index (κ1) is 22.2. The summed E-state index contributed by atoms with van der Waals surface area (Å²) in [5.41, 5.74) is 8.00. The number of imidazole rings is 1. The summed E-state index contributed by atoms with van der Waals surface area (Å²) >= 11 is 1.40. The topological polar surface area (TPSA) is 82.4 Å². The summed E-state index contributed by atoms with van der Waals surface area (Å²) in [6, 6.07) is 18.8.